The molecule has 0 bridgehead atoms. The zero-order valence-corrected chi connectivity index (χ0v) is 9.11. The van der Waals surface area contributed by atoms with Crippen LogP contribution in [0.5, 0.6) is 0 Å². The lowest BCUT2D eigenvalue weighted by Gasteiger charge is -2.09. The molecule has 0 aromatic carbocycles. The molecule has 0 amide bonds. The summed E-state index contributed by atoms with van der Waals surface area (Å²) in [5, 5.41) is 0. The van der Waals surface area contributed by atoms with Crippen LogP contribution in [0.3, 0.4) is 0 Å². The molecule has 0 atom stereocenters. The third kappa shape index (κ3) is 12.3. The first kappa shape index (κ1) is 12.7. The van der Waals surface area contributed by atoms with E-state index in [0.29, 0.717) is 0 Å². The highest BCUT2D eigenvalue weighted by molar-refractivity contribution is 7.99. The van der Waals surface area contributed by atoms with Crippen LogP contribution < -0.4 is 12.4 Å². The molecule has 3 heteroatoms. The van der Waals surface area contributed by atoms with E-state index in [1.54, 1.807) is 0 Å². The maximum absolute atomic E-state index is 2.39. The van der Waals surface area contributed by atoms with Crippen LogP contribution in [0.1, 0.15) is 0 Å². The number of rotatable bonds is 3. The van der Waals surface area contributed by atoms with E-state index in [1.165, 1.54) is 11.9 Å². The molecule has 58 valence electrons. The van der Waals surface area contributed by atoms with Gasteiger partial charge in [-0.1, -0.05) is 0 Å². The second-order valence-corrected chi connectivity index (χ2v) is 9.02. The van der Waals surface area contributed by atoms with Gasteiger partial charge < -0.3 is 12.4 Å². The van der Waals surface area contributed by atoms with E-state index in [2.05, 4.69) is 26.3 Å². The quantitative estimate of drug-likeness (QED) is 0.524. The molecular weight excluding hydrogens is 171 g/mol. The summed E-state index contributed by atoms with van der Waals surface area (Å²) in [6.45, 7) is 7.18. The third-order valence-corrected chi connectivity index (χ3v) is 3.45. The van der Waals surface area contributed by atoms with Crippen LogP contribution in [0.2, 0.25) is 0 Å². The first-order chi connectivity index (χ1) is 3.56. The van der Waals surface area contributed by atoms with Gasteiger partial charge in [-0.15, -0.1) is 0 Å². The molecular formula is C6H16ClPS. The summed E-state index contributed by atoms with van der Waals surface area (Å²) in [5.74, 6) is 1.34. The predicted octanol–water partition coefficient (Wildman–Crippen LogP) is -0.740. The maximum Gasteiger partial charge on any atom is 0.0676 e. The molecule has 0 aromatic heterocycles. The lowest BCUT2D eigenvalue weighted by Crippen LogP contribution is -3.00. The molecule has 0 heterocycles. The summed E-state index contributed by atoms with van der Waals surface area (Å²) in [4.78, 5) is 0. The molecule has 0 radical (unpaired) electrons. The van der Waals surface area contributed by atoms with Gasteiger partial charge in [0, 0.05) is 33.0 Å². The molecule has 0 saturated carbocycles. The Hall–Kier alpha value is 1.07. The summed E-state index contributed by atoms with van der Waals surface area (Å²) in [6, 6.07) is 0. The largest absolute Gasteiger partial charge is 1.00 e. The molecule has 0 spiro atoms. The van der Waals surface area contributed by atoms with Crippen LogP contribution >= 0.6 is 19.0 Å². The lowest BCUT2D eigenvalue weighted by molar-refractivity contribution is -0.00000203. The van der Waals surface area contributed by atoms with Gasteiger partial charge in [0.25, 0.3) is 0 Å². The van der Waals surface area contributed by atoms with E-state index in [9.17, 15) is 0 Å². The van der Waals surface area contributed by atoms with Crippen LogP contribution in [0.25, 0.3) is 0 Å². The Morgan fingerprint density at radius 1 is 1.22 bits per heavy atom. The van der Waals surface area contributed by atoms with Crippen LogP contribution in [0.4, 0.5) is 0 Å². The first-order valence-corrected chi connectivity index (χ1v) is 7.56. The Morgan fingerprint density at radius 3 is 1.78 bits per heavy atom. The Morgan fingerprint density at radius 2 is 1.67 bits per heavy atom. The van der Waals surface area contributed by atoms with E-state index in [0.717, 1.165) is 0 Å². The highest BCUT2D eigenvalue weighted by atomic mass is 35.5. The van der Waals surface area contributed by atoms with Gasteiger partial charge in [0.05, 0.1) is 6.16 Å². The average molecular weight is 187 g/mol. The van der Waals surface area contributed by atoms with Crippen LogP contribution in [-0.4, -0.2) is 38.2 Å². The molecule has 0 rings (SSSR count). The molecule has 9 heavy (non-hydrogen) atoms. The minimum absolute atomic E-state index is 0. The van der Waals surface area contributed by atoms with Crippen molar-refractivity contribution in [1.29, 1.82) is 0 Å². The van der Waals surface area contributed by atoms with Gasteiger partial charge in [0.1, 0.15) is 0 Å². The summed E-state index contributed by atoms with van der Waals surface area (Å²) < 4.78 is 0. The Balaban J connectivity index is 0. The highest BCUT2D eigenvalue weighted by Gasteiger charge is 2.14. The fourth-order valence-electron chi connectivity index (χ4n) is 0.365. The molecule has 0 fully saturated rings. The van der Waals surface area contributed by atoms with E-state index >= 15 is 0 Å². The Bertz CT molecular complexity index is 60.6. The second-order valence-electron chi connectivity index (χ2n) is 3.01. The van der Waals surface area contributed by atoms with Crippen molar-refractivity contribution < 1.29 is 12.4 Å². The minimum atomic E-state index is -0.453. The van der Waals surface area contributed by atoms with Crippen molar-refractivity contribution >= 4 is 19.0 Å². The van der Waals surface area contributed by atoms with Crippen molar-refractivity contribution in [3.63, 3.8) is 0 Å². The van der Waals surface area contributed by atoms with Crippen molar-refractivity contribution in [2.45, 2.75) is 0 Å². The zero-order chi connectivity index (χ0) is 6.62. The molecule has 0 N–H and O–H groups in total. The van der Waals surface area contributed by atoms with Gasteiger partial charge in [-0.25, -0.2) is 0 Å². The van der Waals surface area contributed by atoms with Crippen molar-refractivity contribution in [3.05, 3.63) is 0 Å². The summed E-state index contributed by atoms with van der Waals surface area (Å²) in [7, 11) is -0.453. The van der Waals surface area contributed by atoms with Crippen LogP contribution in [-0.2, 0) is 0 Å². The molecule has 0 unspecified atom stereocenters. The van der Waals surface area contributed by atoms with E-state index in [4.69, 9.17) is 0 Å². The Labute approximate surface area is 69.9 Å². The van der Waals surface area contributed by atoms with Gasteiger partial charge >= 0.3 is 0 Å². The van der Waals surface area contributed by atoms with Crippen molar-refractivity contribution in [3.8, 4) is 0 Å². The summed E-state index contributed by atoms with van der Waals surface area (Å²) in [6.07, 6.45) is 3.61. The van der Waals surface area contributed by atoms with E-state index < -0.39 is 7.26 Å². The summed E-state index contributed by atoms with van der Waals surface area (Å²) >= 11 is 1.96. The molecule has 0 aliphatic carbocycles. The minimum Gasteiger partial charge on any atom is -1.00 e. The van der Waals surface area contributed by atoms with Gasteiger partial charge in [-0.2, -0.15) is 11.8 Å². The average Bonchev–Trinajstić information content (AvgIpc) is 1.59. The van der Waals surface area contributed by atoms with Crippen LogP contribution in [0, 0.1) is 0 Å². The van der Waals surface area contributed by atoms with Gasteiger partial charge in [-0.05, 0) is 6.26 Å². The fraction of sp³-hybridized carbons (Fsp3) is 1.00. The topological polar surface area (TPSA) is 0 Å². The van der Waals surface area contributed by atoms with Gasteiger partial charge in [0.15, 0.2) is 0 Å². The van der Waals surface area contributed by atoms with Crippen molar-refractivity contribution in [2.75, 3.05) is 38.2 Å². The smallest absolute Gasteiger partial charge is 0.0676 e. The number of hydrogen-bond acceptors (Lipinski definition) is 1. The SMILES string of the molecule is CSCC[P+](C)(C)C.[Cl-]. The van der Waals surface area contributed by atoms with Crippen molar-refractivity contribution in [2.24, 2.45) is 0 Å². The Kier molecular flexibility index (Phi) is 8.23. The lowest BCUT2D eigenvalue weighted by atomic mass is 11.0. The zero-order valence-electron chi connectivity index (χ0n) is 6.65. The molecule has 0 aliphatic heterocycles. The number of halogens is 1. The highest BCUT2D eigenvalue weighted by Crippen LogP contribution is 2.46. The second kappa shape index (κ2) is 5.82. The predicted molar refractivity (Wildman–Crippen MR) is 47.9 cm³/mol. The van der Waals surface area contributed by atoms with Gasteiger partial charge in [-0.3, -0.25) is 0 Å². The molecule has 0 aliphatic rings. The first-order valence-electron chi connectivity index (χ1n) is 2.85. The van der Waals surface area contributed by atoms with Gasteiger partial charge in [0.2, 0.25) is 0 Å². The normalized spacial score (nSPS) is 10.7. The van der Waals surface area contributed by atoms with E-state index in [1.807, 2.05) is 11.8 Å². The van der Waals surface area contributed by atoms with E-state index in [-0.39, 0.29) is 12.4 Å². The molecule has 0 aromatic rings. The third-order valence-electron chi connectivity index (χ3n) is 0.966. The summed E-state index contributed by atoms with van der Waals surface area (Å²) in [5.41, 5.74) is 0. The molecule has 0 nitrogen and oxygen atoms in total. The maximum atomic E-state index is 2.39. The standard InChI is InChI=1S/C6H16PS.ClH/c1-7(2,3)5-6-8-4;/h5-6H2,1-4H3;1H/q+1;/p-1. The monoisotopic (exact) mass is 186 g/mol. The van der Waals surface area contributed by atoms with Crippen LogP contribution in [0.15, 0.2) is 0 Å². The van der Waals surface area contributed by atoms with Crippen molar-refractivity contribution in [1.82, 2.24) is 0 Å². The number of thioether (sulfide) groups is 1. The molecule has 0 saturated heterocycles. The number of hydrogen-bond donors (Lipinski definition) is 0. The fourth-order valence-corrected chi connectivity index (χ4v) is 3.29.